The lowest BCUT2D eigenvalue weighted by molar-refractivity contribution is 0.0932. The topological polar surface area (TPSA) is 132 Å². The predicted octanol–water partition coefficient (Wildman–Crippen LogP) is 2.66. The monoisotopic (exact) mass is 400 g/mol. The van der Waals surface area contributed by atoms with Gasteiger partial charge < -0.3 is 26.1 Å². The van der Waals surface area contributed by atoms with Crippen LogP contribution in [0.25, 0.3) is 11.3 Å². The number of aromatic amines is 2. The highest BCUT2D eigenvalue weighted by atomic mass is 35.5. The summed E-state index contributed by atoms with van der Waals surface area (Å²) in [6.07, 6.45) is -0.807. The van der Waals surface area contributed by atoms with Gasteiger partial charge >= 0.3 is 0 Å². The van der Waals surface area contributed by atoms with Crippen LogP contribution in [0, 0.1) is 6.92 Å². The molecule has 0 aliphatic carbocycles. The average Bonchev–Trinajstić information content (AvgIpc) is 3.28. The number of aliphatic hydroxyl groups is 1. The highest BCUT2D eigenvalue weighted by Gasteiger charge is 2.20. The summed E-state index contributed by atoms with van der Waals surface area (Å²) in [6, 6.07) is 10.8. The molecule has 0 radical (unpaired) electrons. The molecule has 1 amide bonds. The minimum absolute atomic E-state index is 0.213. The number of nitrogens with two attached hydrogens (primary N) is 1. The SMILES string of the molecule is CC(N)=NC(NC(=O)c1ccc(-c2ccc(Cl)cc2)[nH]1)c1nc(CO)c(C)[nH]1. The highest BCUT2D eigenvalue weighted by Crippen LogP contribution is 2.21. The van der Waals surface area contributed by atoms with Gasteiger partial charge in [0.15, 0.2) is 12.0 Å². The number of hydrogen-bond acceptors (Lipinski definition) is 4. The van der Waals surface area contributed by atoms with Crippen molar-refractivity contribution in [2.45, 2.75) is 26.6 Å². The molecule has 6 N–H and O–H groups in total. The van der Waals surface area contributed by atoms with Crippen LogP contribution >= 0.6 is 11.6 Å². The van der Waals surface area contributed by atoms with E-state index in [9.17, 15) is 9.90 Å². The number of hydrogen-bond donors (Lipinski definition) is 5. The number of amidine groups is 1. The van der Waals surface area contributed by atoms with E-state index in [-0.39, 0.29) is 12.5 Å². The van der Waals surface area contributed by atoms with E-state index in [1.165, 1.54) is 0 Å². The fourth-order valence-electron chi connectivity index (χ4n) is 2.70. The predicted molar refractivity (Wildman–Crippen MR) is 108 cm³/mol. The van der Waals surface area contributed by atoms with Gasteiger partial charge in [-0.3, -0.25) is 4.79 Å². The molecule has 3 rings (SSSR count). The Morgan fingerprint density at radius 2 is 2.00 bits per heavy atom. The summed E-state index contributed by atoms with van der Waals surface area (Å²) in [7, 11) is 0. The fraction of sp³-hybridized carbons (Fsp3) is 0.211. The van der Waals surface area contributed by atoms with Gasteiger partial charge in [0.25, 0.3) is 5.91 Å². The molecule has 1 aromatic carbocycles. The van der Waals surface area contributed by atoms with Gasteiger partial charge in [-0.15, -0.1) is 0 Å². The van der Waals surface area contributed by atoms with Gasteiger partial charge in [0.1, 0.15) is 5.69 Å². The van der Waals surface area contributed by atoms with Crippen molar-refractivity contribution in [2.24, 2.45) is 10.7 Å². The second-order valence-corrected chi connectivity index (χ2v) is 6.73. The Labute approximate surface area is 166 Å². The molecule has 1 unspecified atom stereocenters. The van der Waals surface area contributed by atoms with Crippen LogP contribution in [0.5, 0.6) is 0 Å². The minimum atomic E-state index is -0.807. The molecular weight excluding hydrogens is 380 g/mol. The molecular formula is C19H21ClN6O2. The second kappa shape index (κ2) is 8.28. The number of aromatic nitrogens is 3. The van der Waals surface area contributed by atoms with Crippen molar-refractivity contribution >= 4 is 23.3 Å². The minimum Gasteiger partial charge on any atom is -0.390 e. The molecule has 0 saturated carbocycles. The molecule has 1 atom stereocenters. The average molecular weight is 401 g/mol. The molecule has 0 spiro atoms. The third-order valence-corrected chi connectivity index (χ3v) is 4.35. The Balaban J connectivity index is 1.82. The van der Waals surface area contributed by atoms with Gasteiger partial charge in [-0.1, -0.05) is 23.7 Å². The van der Waals surface area contributed by atoms with Gasteiger partial charge in [0.2, 0.25) is 0 Å². The number of aryl methyl sites for hydroxylation is 1. The summed E-state index contributed by atoms with van der Waals surface area (Å²) in [6.45, 7) is 3.19. The number of carbonyl (C=O) groups excluding carboxylic acids is 1. The zero-order chi connectivity index (χ0) is 20.3. The van der Waals surface area contributed by atoms with Crippen LogP contribution < -0.4 is 11.1 Å². The molecule has 28 heavy (non-hydrogen) atoms. The number of aliphatic imine (C=N–C) groups is 1. The van der Waals surface area contributed by atoms with Crippen molar-refractivity contribution in [1.82, 2.24) is 20.3 Å². The van der Waals surface area contributed by atoms with Crippen LogP contribution in [0.15, 0.2) is 41.4 Å². The van der Waals surface area contributed by atoms with E-state index in [1.807, 2.05) is 18.2 Å². The first kappa shape index (κ1) is 19.7. The molecule has 0 fully saturated rings. The van der Waals surface area contributed by atoms with Crippen molar-refractivity contribution in [2.75, 3.05) is 0 Å². The number of imidazole rings is 1. The van der Waals surface area contributed by atoms with E-state index in [0.29, 0.717) is 33.8 Å². The maximum absolute atomic E-state index is 12.7. The van der Waals surface area contributed by atoms with Gasteiger partial charge in [-0.25, -0.2) is 9.98 Å². The first-order chi connectivity index (χ1) is 13.4. The number of H-pyrrole nitrogens is 2. The first-order valence-electron chi connectivity index (χ1n) is 8.59. The Hall–Kier alpha value is -3.10. The van der Waals surface area contributed by atoms with E-state index in [2.05, 4.69) is 25.3 Å². The van der Waals surface area contributed by atoms with Gasteiger partial charge in [0.05, 0.1) is 18.1 Å². The number of amides is 1. The first-order valence-corrected chi connectivity index (χ1v) is 8.97. The van der Waals surface area contributed by atoms with Crippen LogP contribution in [0.2, 0.25) is 5.02 Å². The summed E-state index contributed by atoms with van der Waals surface area (Å²) in [5.41, 5.74) is 8.95. The standard InChI is InChI=1S/C19H21ClN6O2/c1-10-16(9-27)25-17(22-10)18(23-11(2)21)26-19(28)15-8-7-14(24-15)12-3-5-13(20)6-4-12/h3-8,18,24,27H,9H2,1-2H3,(H2,21,23)(H,22,25)(H,26,28). The lowest BCUT2D eigenvalue weighted by Crippen LogP contribution is -2.30. The van der Waals surface area contributed by atoms with Crippen LogP contribution in [0.3, 0.4) is 0 Å². The molecule has 0 saturated heterocycles. The summed E-state index contributed by atoms with van der Waals surface area (Å²) in [5, 5.41) is 12.8. The lowest BCUT2D eigenvalue weighted by atomic mass is 10.2. The molecule has 146 valence electrons. The number of rotatable bonds is 6. The van der Waals surface area contributed by atoms with E-state index < -0.39 is 6.17 Å². The third-order valence-electron chi connectivity index (χ3n) is 4.10. The van der Waals surface area contributed by atoms with Crippen LogP contribution in [-0.4, -0.2) is 31.8 Å². The van der Waals surface area contributed by atoms with Crippen molar-refractivity contribution in [3.8, 4) is 11.3 Å². The number of nitrogens with zero attached hydrogens (tertiary/aromatic N) is 2. The largest absolute Gasteiger partial charge is 0.390 e. The van der Waals surface area contributed by atoms with Gasteiger partial charge in [0, 0.05) is 16.4 Å². The summed E-state index contributed by atoms with van der Waals surface area (Å²) in [5.74, 6) is 0.317. The zero-order valence-electron chi connectivity index (χ0n) is 15.5. The van der Waals surface area contributed by atoms with Crippen molar-refractivity contribution < 1.29 is 9.90 Å². The summed E-state index contributed by atoms with van der Waals surface area (Å²) in [4.78, 5) is 27.3. The van der Waals surface area contributed by atoms with Crippen LogP contribution in [0.1, 0.15) is 40.8 Å². The normalized spacial score (nSPS) is 12.8. The zero-order valence-corrected chi connectivity index (χ0v) is 16.2. The van der Waals surface area contributed by atoms with Crippen LogP contribution in [-0.2, 0) is 6.61 Å². The van der Waals surface area contributed by atoms with Crippen molar-refractivity contribution in [3.63, 3.8) is 0 Å². The van der Waals surface area contributed by atoms with Gasteiger partial charge in [-0.2, -0.15) is 0 Å². The number of benzene rings is 1. The number of aliphatic hydroxyl groups excluding tert-OH is 1. The number of nitrogens with one attached hydrogen (secondary N) is 3. The maximum Gasteiger partial charge on any atom is 0.269 e. The van der Waals surface area contributed by atoms with E-state index in [1.54, 1.807) is 32.0 Å². The van der Waals surface area contributed by atoms with E-state index in [4.69, 9.17) is 17.3 Å². The Morgan fingerprint density at radius 1 is 1.29 bits per heavy atom. The molecule has 2 heterocycles. The van der Waals surface area contributed by atoms with E-state index >= 15 is 0 Å². The smallest absolute Gasteiger partial charge is 0.269 e. The van der Waals surface area contributed by atoms with Crippen molar-refractivity contribution in [1.29, 1.82) is 0 Å². The second-order valence-electron chi connectivity index (χ2n) is 6.29. The van der Waals surface area contributed by atoms with Gasteiger partial charge in [-0.05, 0) is 43.7 Å². The molecule has 0 bridgehead atoms. The Kier molecular flexibility index (Phi) is 5.81. The quantitative estimate of drug-likeness (QED) is 0.321. The molecule has 2 aromatic heterocycles. The Bertz CT molecular complexity index is 1000. The molecule has 8 nitrogen and oxygen atoms in total. The lowest BCUT2D eigenvalue weighted by Gasteiger charge is -2.12. The van der Waals surface area contributed by atoms with Crippen molar-refractivity contribution in [3.05, 3.63) is 64.3 Å². The molecule has 3 aromatic rings. The molecule has 0 aliphatic heterocycles. The summed E-state index contributed by atoms with van der Waals surface area (Å²) >= 11 is 5.91. The molecule has 9 heteroatoms. The number of halogens is 1. The van der Waals surface area contributed by atoms with Crippen LogP contribution in [0.4, 0.5) is 0 Å². The summed E-state index contributed by atoms with van der Waals surface area (Å²) < 4.78 is 0. The highest BCUT2D eigenvalue weighted by molar-refractivity contribution is 6.30. The Morgan fingerprint density at radius 3 is 2.61 bits per heavy atom. The third kappa shape index (κ3) is 4.41. The molecule has 0 aliphatic rings. The fourth-order valence-corrected chi connectivity index (χ4v) is 2.82. The van der Waals surface area contributed by atoms with E-state index in [0.717, 1.165) is 11.3 Å². The maximum atomic E-state index is 12.7. The number of carbonyl (C=O) groups is 1.